The van der Waals surface area contributed by atoms with Crippen LogP contribution in [-0.2, 0) is 11.2 Å². The van der Waals surface area contributed by atoms with Crippen LogP contribution >= 0.6 is 11.6 Å². The number of nitrogens with zero attached hydrogens (tertiary/aromatic N) is 4. The average molecular weight is 414 g/mol. The van der Waals surface area contributed by atoms with E-state index >= 15 is 0 Å². The van der Waals surface area contributed by atoms with E-state index in [1.165, 1.54) is 0 Å². The van der Waals surface area contributed by atoms with Gasteiger partial charge in [-0.25, -0.2) is 0 Å². The Bertz CT molecular complexity index is 1000. The molecule has 0 spiro atoms. The third kappa shape index (κ3) is 4.63. The van der Waals surface area contributed by atoms with Gasteiger partial charge in [-0.1, -0.05) is 30.7 Å². The Morgan fingerprint density at radius 3 is 2.66 bits per heavy atom. The Morgan fingerprint density at radius 2 is 2.00 bits per heavy atom. The van der Waals surface area contributed by atoms with Gasteiger partial charge in [0.2, 0.25) is 0 Å². The van der Waals surface area contributed by atoms with E-state index in [9.17, 15) is 4.79 Å². The van der Waals surface area contributed by atoms with Crippen LogP contribution in [0.25, 0.3) is 16.8 Å². The number of aryl methyl sites for hydroxylation is 1. The molecule has 1 atom stereocenters. The molecule has 0 saturated heterocycles. The number of carbonyl (C=O) groups excluding carboxylic acids is 1. The van der Waals surface area contributed by atoms with Gasteiger partial charge in [-0.2, -0.15) is 4.68 Å². The lowest BCUT2D eigenvalue weighted by molar-refractivity contribution is 0.0905. The van der Waals surface area contributed by atoms with Crippen molar-refractivity contribution in [1.82, 2.24) is 25.5 Å². The molecule has 1 N–H and O–H groups in total. The van der Waals surface area contributed by atoms with Crippen molar-refractivity contribution in [3.63, 3.8) is 0 Å². The summed E-state index contributed by atoms with van der Waals surface area (Å²) in [5.41, 5.74) is 4.14. The molecule has 7 nitrogen and oxygen atoms in total. The number of amides is 1. The van der Waals surface area contributed by atoms with E-state index in [2.05, 4.69) is 20.8 Å². The summed E-state index contributed by atoms with van der Waals surface area (Å²) < 4.78 is 6.80. The first-order chi connectivity index (χ1) is 13.9. The van der Waals surface area contributed by atoms with Crippen LogP contribution in [0.15, 0.2) is 36.4 Å². The van der Waals surface area contributed by atoms with Crippen LogP contribution in [0.4, 0.5) is 0 Å². The molecule has 0 fully saturated rings. The fraction of sp³-hybridized carbons (Fsp3) is 0.333. The molecule has 29 heavy (non-hydrogen) atoms. The molecule has 0 aliphatic carbocycles. The molecule has 0 radical (unpaired) electrons. The molecule has 1 amide bonds. The number of hydrogen-bond acceptors (Lipinski definition) is 5. The Morgan fingerprint density at radius 1 is 1.28 bits per heavy atom. The van der Waals surface area contributed by atoms with Crippen molar-refractivity contribution in [3.8, 4) is 16.8 Å². The summed E-state index contributed by atoms with van der Waals surface area (Å²) in [5, 5.41) is 15.6. The van der Waals surface area contributed by atoms with E-state index in [4.69, 9.17) is 16.3 Å². The first-order valence-electron chi connectivity index (χ1n) is 9.42. The second-order valence-corrected chi connectivity index (χ2v) is 7.30. The van der Waals surface area contributed by atoms with Crippen molar-refractivity contribution in [2.24, 2.45) is 0 Å². The number of benzene rings is 2. The Labute approximate surface area is 175 Å². The van der Waals surface area contributed by atoms with E-state index in [0.29, 0.717) is 23.6 Å². The molecule has 3 rings (SSSR count). The lowest BCUT2D eigenvalue weighted by Crippen LogP contribution is -2.35. The topological polar surface area (TPSA) is 81.9 Å². The van der Waals surface area contributed by atoms with Gasteiger partial charge < -0.3 is 10.1 Å². The highest BCUT2D eigenvalue weighted by Gasteiger charge is 2.18. The number of aromatic nitrogens is 4. The van der Waals surface area contributed by atoms with Gasteiger partial charge in [0.25, 0.3) is 5.91 Å². The third-order valence-electron chi connectivity index (χ3n) is 4.67. The van der Waals surface area contributed by atoms with Gasteiger partial charge in [0.05, 0.1) is 12.3 Å². The zero-order valence-corrected chi connectivity index (χ0v) is 17.7. The number of ether oxygens (including phenoxy) is 1. The van der Waals surface area contributed by atoms with Crippen molar-refractivity contribution in [2.45, 2.75) is 33.2 Å². The minimum absolute atomic E-state index is 0.115. The van der Waals surface area contributed by atoms with Crippen molar-refractivity contribution in [2.75, 3.05) is 13.7 Å². The average Bonchev–Trinajstić information content (AvgIpc) is 3.17. The molecule has 3 aromatic rings. The van der Waals surface area contributed by atoms with E-state index in [-0.39, 0.29) is 11.9 Å². The molecule has 1 unspecified atom stereocenters. The van der Waals surface area contributed by atoms with E-state index in [1.54, 1.807) is 11.8 Å². The zero-order chi connectivity index (χ0) is 21.0. The Balaban J connectivity index is 2.14. The minimum Gasteiger partial charge on any atom is -0.383 e. The quantitative estimate of drug-likeness (QED) is 0.639. The van der Waals surface area contributed by atoms with Crippen LogP contribution in [0, 0.1) is 6.92 Å². The van der Waals surface area contributed by atoms with Crippen molar-refractivity contribution in [1.29, 1.82) is 0 Å². The van der Waals surface area contributed by atoms with Gasteiger partial charge in [-0.15, -0.1) is 5.10 Å². The highest BCUT2D eigenvalue weighted by atomic mass is 35.5. The molecule has 1 heterocycles. The van der Waals surface area contributed by atoms with Crippen molar-refractivity contribution < 1.29 is 9.53 Å². The molecule has 0 bridgehead atoms. The maximum Gasteiger partial charge on any atom is 0.251 e. The fourth-order valence-electron chi connectivity index (χ4n) is 3.19. The van der Waals surface area contributed by atoms with Crippen molar-refractivity contribution >= 4 is 17.5 Å². The molecule has 0 aliphatic rings. The fourth-order valence-corrected chi connectivity index (χ4v) is 3.32. The number of carbonyl (C=O) groups is 1. The number of methoxy groups -OCH3 is 1. The van der Waals surface area contributed by atoms with Crippen LogP contribution in [0.2, 0.25) is 5.02 Å². The van der Waals surface area contributed by atoms with E-state index in [0.717, 1.165) is 28.2 Å². The summed E-state index contributed by atoms with van der Waals surface area (Å²) in [6, 6.07) is 11.1. The van der Waals surface area contributed by atoms with Gasteiger partial charge in [-0.3, -0.25) is 4.79 Å². The minimum atomic E-state index is -0.183. The summed E-state index contributed by atoms with van der Waals surface area (Å²) in [6.07, 6.45) is 0.671. The monoisotopic (exact) mass is 413 g/mol. The molecule has 8 heteroatoms. The number of halogens is 1. The highest BCUT2D eigenvalue weighted by Crippen LogP contribution is 2.30. The standard InChI is InChI=1S/C21H24ClN5O2/c1-5-20-24-25-26-27(20)19-11-16(21(28)23-13(2)12-29-4)10-18(14(19)3)15-6-8-17(22)9-7-15/h6-11,13H,5,12H2,1-4H3,(H,23,28). The summed E-state index contributed by atoms with van der Waals surface area (Å²) in [7, 11) is 1.61. The maximum atomic E-state index is 12.9. The summed E-state index contributed by atoms with van der Waals surface area (Å²) in [6.45, 7) is 6.31. The van der Waals surface area contributed by atoms with Crippen LogP contribution in [0.3, 0.4) is 0 Å². The number of tetrazole rings is 1. The Hall–Kier alpha value is -2.77. The van der Waals surface area contributed by atoms with Crippen LogP contribution in [0.5, 0.6) is 0 Å². The first kappa shape index (κ1) is 21.0. The van der Waals surface area contributed by atoms with Gasteiger partial charge in [-0.05, 0) is 65.2 Å². The largest absolute Gasteiger partial charge is 0.383 e. The molecule has 1 aromatic heterocycles. The molecular formula is C21H24ClN5O2. The van der Waals surface area contributed by atoms with E-state index in [1.807, 2.05) is 57.2 Å². The molecule has 0 aliphatic heterocycles. The number of nitrogens with one attached hydrogen (secondary N) is 1. The van der Waals surface area contributed by atoms with Crippen LogP contribution in [0.1, 0.15) is 35.6 Å². The smallest absolute Gasteiger partial charge is 0.251 e. The van der Waals surface area contributed by atoms with Gasteiger partial charge >= 0.3 is 0 Å². The third-order valence-corrected chi connectivity index (χ3v) is 4.92. The maximum absolute atomic E-state index is 12.9. The highest BCUT2D eigenvalue weighted by molar-refractivity contribution is 6.30. The normalized spacial score (nSPS) is 12.0. The first-order valence-corrected chi connectivity index (χ1v) is 9.80. The van der Waals surface area contributed by atoms with Gasteiger partial charge in [0, 0.05) is 30.2 Å². The molecule has 2 aromatic carbocycles. The zero-order valence-electron chi connectivity index (χ0n) is 16.9. The van der Waals surface area contributed by atoms with Gasteiger partial charge in [0.1, 0.15) is 0 Å². The lowest BCUT2D eigenvalue weighted by Gasteiger charge is -2.17. The molecule has 152 valence electrons. The summed E-state index contributed by atoms with van der Waals surface area (Å²) in [5.74, 6) is 0.539. The van der Waals surface area contributed by atoms with Crippen molar-refractivity contribution in [3.05, 3.63) is 58.4 Å². The predicted octanol–water partition coefficient (Wildman–Crippen LogP) is 3.62. The second-order valence-electron chi connectivity index (χ2n) is 6.87. The van der Waals surface area contributed by atoms with Crippen LogP contribution in [-0.4, -0.2) is 45.9 Å². The second kappa shape index (κ2) is 9.15. The summed E-state index contributed by atoms with van der Waals surface area (Å²) in [4.78, 5) is 12.9. The number of rotatable bonds is 7. The molecular weight excluding hydrogens is 390 g/mol. The predicted molar refractivity (Wildman–Crippen MR) is 113 cm³/mol. The Kier molecular flexibility index (Phi) is 6.61. The summed E-state index contributed by atoms with van der Waals surface area (Å²) >= 11 is 6.05. The van der Waals surface area contributed by atoms with E-state index < -0.39 is 0 Å². The van der Waals surface area contributed by atoms with Crippen LogP contribution < -0.4 is 5.32 Å². The number of hydrogen-bond donors (Lipinski definition) is 1. The molecule has 0 saturated carbocycles. The SMILES string of the molecule is CCc1nnnn1-c1cc(C(=O)NC(C)COC)cc(-c2ccc(Cl)cc2)c1C. The lowest BCUT2D eigenvalue weighted by atomic mass is 9.96. The van der Waals surface area contributed by atoms with Gasteiger partial charge in [0.15, 0.2) is 5.82 Å².